The number of aromatic hydroxyl groups is 1. The Morgan fingerprint density at radius 2 is 1.67 bits per heavy atom. The van der Waals surface area contributed by atoms with Gasteiger partial charge in [-0.25, -0.2) is 8.42 Å². The van der Waals surface area contributed by atoms with Crippen LogP contribution in [0.3, 0.4) is 0 Å². The van der Waals surface area contributed by atoms with E-state index in [9.17, 15) is 23.1 Å². The first-order valence-electron chi connectivity index (χ1n) is 9.30. The molecule has 2 aromatic rings. The van der Waals surface area contributed by atoms with Crippen LogP contribution in [0.25, 0.3) is 0 Å². The van der Waals surface area contributed by atoms with Crippen molar-refractivity contribution in [3.63, 3.8) is 0 Å². The second kappa shape index (κ2) is 10.5. The van der Waals surface area contributed by atoms with E-state index in [-0.39, 0.29) is 28.0 Å². The van der Waals surface area contributed by atoms with E-state index in [0.717, 1.165) is 4.90 Å². The Morgan fingerprint density at radius 3 is 2.23 bits per heavy atom. The van der Waals surface area contributed by atoms with Crippen LogP contribution in [0.5, 0.6) is 5.75 Å². The molecule has 0 unspecified atom stereocenters. The van der Waals surface area contributed by atoms with E-state index in [1.807, 2.05) is 0 Å². The van der Waals surface area contributed by atoms with Crippen LogP contribution in [0.1, 0.15) is 20.8 Å². The number of nitrogens with one attached hydrogen (secondary N) is 2. The van der Waals surface area contributed by atoms with Crippen LogP contribution in [0, 0.1) is 0 Å². The lowest BCUT2D eigenvalue weighted by Crippen LogP contribution is -2.30. The number of anilines is 2. The average Bonchev–Trinajstić information content (AvgIpc) is 2.69. The monoisotopic (exact) mass is 451 g/mol. The van der Waals surface area contributed by atoms with Gasteiger partial charge in [0, 0.05) is 30.6 Å². The van der Waals surface area contributed by atoms with Crippen molar-refractivity contribution in [2.45, 2.75) is 30.6 Å². The van der Waals surface area contributed by atoms with Crippen molar-refractivity contribution in [2.24, 2.45) is 0 Å². The number of hydrogen-bond donors (Lipinski definition) is 3. The second-order valence-electron chi connectivity index (χ2n) is 6.31. The maximum Gasteiger partial charge on any atom is 0.243 e. The number of carbonyl (C=O) groups excluding carboxylic acids is 2. The van der Waals surface area contributed by atoms with Crippen LogP contribution >= 0.6 is 11.8 Å². The van der Waals surface area contributed by atoms with Gasteiger partial charge in [0.15, 0.2) is 0 Å². The number of phenols is 1. The first kappa shape index (κ1) is 23.7. The van der Waals surface area contributed by atoms with E-state index in [1.54, 1.807) is 38.1 Å². The lowest BCUT2D eigenvalue weighted by molar-refractivity contribution is -0.114. The van der Waals surface area contributed by atoms with Gasteiger partial charge in [-0.05, 0) is 42.5 Å². The Labute approximate surface area is 180 Å². The summed E-state index contributed by atoms with van der Waals surface area (Å²) in [5.74, 6) is -0.712. The zero-order valence-electron chi connectivity index (χ0n) is 17.0. The number of carbonyl (C=O) groups is 2. The molecule has 10 heteroatoms. The van der Waals surface area contributed by atoms with Gasteiger partial charge in [0.05, 0.1) is 16.3 Å². The van der Waals surface area contributed by atoms with Crippen LogP contribution in [0.15, 0.2) is 52.3 Å². The number of amides is 2. The third-order valence-corrected chi connectivity index (χ3v) is 7.19. The Balaban J connectivity index is 2.05. The van der Waals surface area contributed by atoms with Crippen molar-refractivity contribution in [3.05, 3.63) is 42.5 Å². The summed E-state index contributed by atoms with van der Waals surface area (Å²) in [7, 11) is -3.71. The molecule has 0 aliphatic heterocycles. The third kappa shape index (κ3) is 6.22. The smallest absolute Gasteiger partial charge is 0.243 e. The summed E-state index contributed by atoms with van der Waals surface area (Å²) in [6.07, 6.45) is 0. The van der Waals surface area contributed by atoms with Crippen LogP contribution < -0.4 is 10.6 Å². The second-order valence-corrected chi connectivity index (χ2v) is 9.30. The van der Waals surface area contributed by atoms with Gasteiger partial charge >= 0.3 is 0 Å². The molecule has 0 heterocycles. The van der Waals surface area contributed by atoms with Crippen molar-refractivity contribution in [1.29, 1.82) is 0 Å². The van der Waals surface area contributed by atoms with Gasteiger partial charge in [-0.15, -0.1) is 11.8 Å². The first-order chi connectivity index (χ1) is 14.2. The van der Waals surface area contributed by atoms with Crippen molar-refractivity contribution >= 4 is 45.0 Å². The van der Waals surface area contributed by atoms with Crippen LogP contribution in [-0.2, 0) is 19.6 Å². The van der Waals surface area contributed by atoms with Crippen molar-refractivity contribution in [1.82, 2.24) is 4.31 Å². The molecular formula is C20H25N3O5S2. The van der Waals surface area contributed by atoms with Gasteiger partial charge < -0.3 is 15.7 Å². The SMILES string of the molecule is CCN(CC)S(=O)(=O)c1ccc(O)c(NC(=O)CSc2ccc(NC(C)=O)cc2)c1. The van der Waals surface area contributed by atoms with E-state index in [1.165, 1.54) is 41.2 Å². The number of thioether (sulfide) groups is 1. The van der Waals surface area contributed by atoms with E-state index in [2.05, 4.69) is 10.6 Å². The molecule has 162 valence electrons. The largest absolute Gasteiger partial charge is 0.506 e. The van der Waals surface area contributed by atoms with E-state index in [0.29, 0.717) is 18.8 Å². The fraction of sp³-hybridized carbons (Fsp3) is 0.300. The summed E-state index contributed by atoms with van der Waals surface area (Å²) >= 11 is 1.27. The van der Waals surface area contributed by atoms with Crippen molar-refractivity contribution in [2.75, 3.05) is 29.5 Å². The minimum absolute atomic E-state index is 0.000475. The Hall–Kier alpha value is -2.56. The Bertz CT molecular complexity index is 1000. The molecule has 0 aromatic heterocycles. The number of hydrogen-bond acceptors (Lipinski definition) is 6. The molecule has 0 fully saturated rings. The minimum Gasteiger partial charge on any atom is -0.506 e. The predicted molar refractivity (Wildman–Crippen MR) is 118 cm³/mol. The number of sulfonamides is 1. The molecule has 0 saturated heterocycles. The Morgan fingerprint density at radius 1 is 1.03 bits per heavy atom. The number of nitrogens with zero attached hydrogens (tertiary/aromatic N) is 1. The van der Waals surface area contributed by atoms with E-state index >= 15 is 0 Å². The molecule has 0 saturated carbocycles. The topological polar surface area (TPSA) is 116 Å². The van der Waals surface area contributed by atoms with Gasteiger partial charge in [0.25, 0.3) is 0 Å². The summed E-state index contributed by atoms with van der Waals surface area (Å²) in [5.41, 5.74) is 0.697. The summed E-state index contributed by atoms with van der Waals surface area (Å²) in [6.45, 7) is 5.54. The molecule has 0 radical (unpaired) electrons. The van der Waals surface area contributed by atoms with Gasteiger partial charge in [0.1, 0.15) is 5.75 Å². The maximum absolute atomic E-state index is 12.7. The average molecular weight is 452 g/mol. The summed E-state index contributed by atoms with van der Waals surface area (Å²) < 4.78 is 26.6. The molecule has 8 nitrogen and oxygen atoms in total. The number of rotatable bonds is 9. The van der Waals surface area contributed by atoms with Gasteiger partial charge in [-0.1, -0.05) is 13.8 Å². The van der Waals surface area contributed by atoms with Gasteiger partial charge in [-0.2, -0.15) is 4.31 Å². The van der Waals surface area contributed by atoms with Crippen LogP contribution in [-0.4, -0.2) is 48.5 Å². The fourth-order valence-electron chi connectivity index (χ4n) is 2.66. The summed E-state index contributed by atoms with van der Waals surface area (Å²) in [6, 6.07) is 10.8. The molecule has 0 aliphatic carbocycles. The van der Waals surface area contributed by atoms with E-state index < -0.39 is 15.9 Å². The third-order valence-electron chi connectivity index (χ3n) is 4.13. The molecule has 0 spiro atoms. The Kier molecular flexibility index (Phi) is 8.27. The lowest BCUT2D eigenvalue weighted by atomic mass is 10.3. The normalized spacial score (nSPS) is 11.3. The zero-order valence-corrected chi connectivity index (χ0v) is 18.6. The highest BCUT2D eigenvalue weighted by Crippen LogP contribution is 2.28. The van der Waals surface area contributed by atoms with Crippen molar-refractivity contribution in [3.8, 4) is 5.75 Å². The molecule has 2 rings (SSSR count). The molecule has 3 N–H and O–H groups in total. The molecule has 0 atom stereocenters. The van der Waals surface area contributed by atoms with Crippen LogP contribution in [0.2, 0.25) is 0 Å². The molecule has 30 heavy (non-hydrogen) atoms. The minimum atomic E-state index is -3.71. The highest BCUT2D eigenvalue weighted by atomic mass is 32.2. The molecule has 0 bridgehead atoms. The molecular weight excluding hydrogens is 426 g/mol. The summed E-state index contributed by atoms with van der Waals surface area (Å²) in [4.78, 5) is 24.2. The zero-order chi connectivity index (χ0) is 22.3. The first-order valence-corrected chi connectivity index (χ1v) is 11.7. The highest BCUT2D eigenvalue weighted by molar-refractivity contribution is 8.00. The molecule has 0 aliphatic rings. The summed E-state index contributed by atoms with van der Waals surface area (Å²) in [5, 5.41) is 15.2. The number of benzene rings is 2. The standard InChI is InChI=1S/C20H25N3O5S2/c1-4-23(5-2)30(27,28)17-10-11-19(25)18(12-17)22-20(26)13-29-16-8-6-15(7-9-16)21-14(3)24/h6-12,25H,4-5,13H2,1-3H3,(H,21,24)(H,22,26). The van der Waals surface area contributed by atoms with E-state index in [4.69, 9.17) is 0 Å². The molecule has 2 amide bonds. The predicted octanol–water partition coefficient (Wildman–Crippen LogP) is 3.11. The lowest BCUT2D eigenvalue weighted by Gasteiger charge is -2.19. The number of phenolic OH excluding ortho intramolecular Hbond substituents is 1. The van der Waals surface area contributed by atoms with Crippen molar-refractivity contribution < 1.29 is 23.1 Å². The van der Waals surface area contributed by atoms with Gasteiger partial charge in [0.2, 0.25) is 21.8 Å². The maximum atomic E-state index is 12.7. The van der Waals surface area contributed by atoms with Crippen LogP contribution in [0.4, 0.5) is 11.4 Å². The molecule has 2 aromatic carbocycles. The highest BCUT2D eigenvalue weighted by Gasteiger charge is 2.23. The quantitative estimate of drug-likeness (QED) is 0.399. The fourth-order valence-corrected chi connectivity index (χ4v) is 4.84. The van der Waals surface area contributed by atoms with Gasteiger partial charge in [-0.3, -0.25) is 9.59 Å².